The Morgan fingerprint density at radius 3 is 2.47 bits per heavy atom. The minimum atomic E-state index is -1.13. The fourth-order valence-electron chi connectivity index (χ4n) is 1.79. The number of methoxy groups -OCH3 is 1. The summed E-state index contributed by atoms with van der Waals surface area (Å²) in [5, 5.41) is 0. The normalized spacial score (nSPS) is 12.1. The van der Waals surface area contributed by atoms with Gasteiger partial charge in [-0.3, -0.25) is 4.21 Å². The van der Waals surface area contributed by atoms with Gasteiger partial charge in [-0.2, -0.15) is 0 Å². The summed E-state index contributed by atoms with van der Waals surface area (Å²) < 4.78 is 17.4. The Kier molecular flexibility index (Phi) is 4.22. The molecule has 2 rings (SSSR count). The lowest BCUT2D eigenvalue weighted by Crippen LogP contribution is -2.01. The van der Waals surface area contributed by atoms with Crippen molar-refractivity contribution in [1.82, 2.24) is 0 Å². The van der Waals surface area contributed by atoms with E-state index in [0.29, 0.717) is 16.3 Å². The number of nitrogens with two attached hydrogens (primary N) is 1. The monoisotopic (exact) mass is 275 g/mol. The first-order valence-corrected chi connectivity index (χ1v) is 7.29. The number of aryl methyl sites for hydroxylation is 1. The second-order valence-electron chi connectivity index (χ2n) is 4.38. The van der Waals surface area contributed by atoms with E-state index in [1.54, 1.807) is 13.2 Å². The molecular formula is C15H17NO2S. The van der Waals surface area contributed by atoms with Crippen LogP contribution in [0.2, 0.25) is 0 Å². The predicted molar refractivity (Wildman–Crippen MR) is 78.7 cm³/mol. The molecule has 0 radical (unpaired) electrons. The second kappa shape index (κ2) is 5.89. The average Bonchev–Trinajstić information content (AvgIpc) is 2.42. The van der Waals surface area contributed by atoms with Gasteiger partial charge in [0.15, 0.2) is 0 Å². The van der Waals surface area contributed by atoms with E-state index < -0.39 is 10.8 Å². The molecule has 0 heterocycles. The predicted octanol–water partition coefficient (Wildman–Crippen LogP) is 2.89. The highest BCUT2D eigenvalue weighted by Crippen LogP contribution is 2.21. The van der Waals surface area contributed by atoms with Crippen molar-refractivity contribution in [3.63, 3.8) is 0 Å². The van der Waals surface area contributed by atoms with Crippen LogP contribution in [0.1, 0.15) is 11.1 Å². The van der Waals surface area contributed by atoms with Crippen LogP contribution in [-0.2, 0) is 16.6 Å². The summed E-state index contributed by atoms with van der Waals surface area (Å²) in [6.07, 6.45) is 0. The summed E-state index contributed by atoms with van der Waals surface area (Å²) in [4.78, 5) is 0.704. The number of nitrogen functional groups attached to an aromatic ring is 1. The Labute approximate surface area is 115 Å². The van der Waals surface area contributed by atoms with Crippen molar-refractivity contribution in [3.8, 4) is 5.75 Å². The largest absolute Gasteiger partial charge is 0.497 e. The van der Waals surface area contributed by atoms with Crippen LogP contribution in [-0.4, -0.2) is 11.3 Å². The average molecular weight is 275 g/mol. The van der Waals surface area contributed by atoms with Crippen molar-refractivity contribution in [2.45, 2.75) is 17.6 Å². The lowest BCUT2D eigenvalue weighted by molar-refractivity contribution is 0.414. The minimum Gasteiger partial charge on any atom is -0.497 e. The van der Waals surface area contributed by atoms with Crippen molar-refractivity contribution in [2.24, 2.45) is 0 Å². The van der Waals surface area contributed by atoms with Crippen molar-refractivity contribution in [1.29, 1.82) is 0 Å². The zero-order valence-corrected chi connectivity index (χ0v) is 11.9. The molecule has 1 unspecified atom stereocenters. The van der Waals surface area contributed by atoms with Crippen LogP contribution in [0.3, 0.4) is 0 Å². The Balaban J connectivity index is 2.18. The molecule has 0 saturated heterocycles. The highest BCUT2D eigenvalue weighted by atomic mass is 32.2. The zero-order valence-electron chi connectivity index (χ0n) is 11.1. The lowest BCUT2D eigenvalue weighted by atomic mass is 10.2. The molecule has 2 N–H and O–H groups in total. The Bertz CT molecular complexity index is 594. The van der Waals surface area contributed by atoms with E-state index in [1.165, 1.54) is 0 Å². The molecule has 0 aliphatic rings. The Hall–Kier alpha value is -1.81. The van der Waals surface area contributed by atoms with Crippen LogP contribution < -0.4 is 10.5 Å². The van der Waals surface area contributed by atoms with Gasteiger partial charge in [-0.25, -0.2) is 0 Å². The number of anilines is 1. The van der Waals surface area contributed by atoms with E-state index in [9.17, 15) is 4.21 Å². The maximum Gasteiger partial charge on any atom is 0.118 e. The first-order valence-electron chi connectivity index (χ1n) is 5.97. The van der Waals surface area contributed by atoms with Gasteiger partial charge in [0.05, 0.1) is 28.6 Å². The summed E-state index contributed by atoms with van der Waals surface area (Å²) in [6, 6.07) is 13.2. The third-order valence-electron chi connectivity index (χ3n) is 2.87. The van der Waals surface area contributed by atoms with Gasteiger partial charge in [-0.05, 0) is 42.3 Å². The number of hydrogen-bond acceptors (Lipinski definition) is 3. The minimum absolute atomic E-state index is 0.456. The van der Waals surface area contributed by atoms with E-state index in [0.717, 1.165) is 16.9 Å². The van der Waals surface area contributed by atoms with Crippen LogP contribution in [0.5, 0.6) is 5.75 Å². The van der Waals surface area contributed by atoms with Crippen molar-refractivity contribution in [3.05, 3.63) is 53.6 Å². The summed E-state index contributed by atoms with van der Waals surface area (Å²) >= 11 is 0. The molecule has 1 atom stereocenters. The fourth-order valence-corrected chi connectivity index (χ4v) is 3.09. The molecule has 0 aromatic heterocycles. The second-order valence-corrected chi connectivity index (χ2v) is 5.80. The van der Waals surface area contributed by atoms with Gasteiger partial charge in [0.25, 0.3) is 0 Å². The molecule has 0 aliphatic heterocycles. The van der Waals surface area contributed by atoms with Gasteiger partial charge in [0.1, 0.15) is 5.75 Å². The highest BCUT2D eigenvalue weighted by molar-refractivity contribution is 7.84. The van der Waals surface area contributed by atoms with Crippen LogP contribution in [0, 0.1) is 6.92 Å². The van der Waals surface area contributed by atoms with E-state index >= 15 is 0 Å². The number of rotatable bonds is 4. The number of hydrogen-bond donors (Lipinski definition) is 1. The lowest BCUT2D eigenvalue weighted by Gasteiger charge is -2.07. The molecule has 0 fully saturated rings. The number of benzene rings is 2. The maximum absolute atomic E-state index is 12.3. The van der Waals surface area contributed by atoms with Crippen molar-refractivity contribution < 1.29 is 8.95 Å². The molecule has 19 heavy (non-hydrogen) atoms. The molecule has 0 aliphatic carbocycles. The van der Waals surface area contributed by atoms with Crippen LogP contribution in [0.25, 0.3) is 0 Å². The standard InChI is InChI=1S/C15H17NO2S/c1-11-3-8-14(16)15(9-11)19(17)10-12-4-6-13(18-2)7-5-12/h3-9H,10,16H2,1-2H3. The summed E-state index contributed by atoms with van der Waals surface area (Å²) in [6.45, 7) is 1.97. The molecule has 3 nitrogen and oxygen atoms in total. The third-order valence-corrected chi connectivity index (χ3v) is 4.31. The molecule has 0 saturated carbocycles. The van der Waals surface area contributed by atoms with E-state index in [1.807, 2.05) is 43.3 Å². The smallest absolute Gasteiger partial charge is 0.118 e. The van der Waals surface area contributed by atoms with Crippen molar-refractivity contribution >= 4 is 16.5 Å². The Morgan fingerprint density at radius 2 is 1.84 bits per heavy atom. The van der Waals surface area contributed by atoms with Crippen LogP contribution in [0.15, 0.2) is 47.4 Å². The topological polar surface area (TPSA) is 52.3 Å². The summed E-state index contributed by atoms with van der Waals surface area (Å²) in [5.41, 5.74) is 8.52. The van der Waals surface area contributed by atoms with Gasteiger partial charge >= 0.3 is 0 Å². The van der Waals surface area contributed by atoms with E-state index in [-0.39, 0.29) is 0 Å². The molecule has 4 heteroatoms. The first kappa shape index (κ1) is 13.6. The SMILES string of the molecule is COc1ccc(CS(=O)c2cc(C)ccc2N)cc1. The van der Waals surface area contributed by atoms with Gasteiger partial charge in [-0.1, -0.05) is 18.2 Å². The summed E-state index contributed by atoms with van der Waals surface area (Å²) in [7, 11) is 0.495. The molecule has 2 aromatic rings. The van der Waals surface area contributed by atoms with Crippen molar-refractivity contribution in [2.75, 3.05) is 12.8 Å². The molecule has 0 amide bonds. The van der Waals surface area contributed by atoms with Crippen LogP contribution >= 0.6 is 0 Å². The van der Waals surface area contributed by atoms with Crippen LogP contribution in [0.4, 0.5) is 5.69 Å². The molecule has 0 spiro atoms. The van der Waals surface area contributed by atoms with E-state index in [2.05, 4.69) is 0 Å². The quantitative estimate of drug-likeness (QED) is 0.873. The Morgan fingerprint density at radius 1 is 1.16 bits per heavy atom. The molecule has 100 valence electrons. The first-order chi connectivity index (χ1) is 9.10. The molecule has 0 bridgehead atoms. The molecular weight excluding hydrogens is 258 g/mol. The third kappa shape index (κ3) is 3.35. The van der Waals surface area contributed by atoms with Gasteiger partial charge in [0, 0.05) is 5.69 Å². The van der Waals surface area contributed by atoms with Gasteiger partial charge in [-0.15, -0.1) is 0 Å². The maximum atomic E-state index is 12.3. The van der Waals surface area contributed by atoms with E-state index in [4.69, 9.17) is 10.5 Å². The van der Waals surface area contributed by atoms with Gasteiger partial charge < -0.3 is 10.5 Å². The van der Waals surface area contributed by atoms with Gasteiger partial charge in [0.2, 0.25) is 0 Å². The number of ether oxygens (including phenoxy) is 1. The highest BCUT2D eigenvalue weighted by Gasteiger charge is 2.09. The summed E-state index contributed by atoms with van der Waals surface area (Å²) in [5.74, 6) is 1.25. The zero-order chi connectivity index (χ0) is 13.8. The molecule has 2 aromatic carbocycles. The fraction of sp³-hybridized carbons (Fsp3) is 0.200.